The first kappa shape index (κ1) is 19.6. The Morgan fingerprint density at radius 2 is 1.79 bits per heavy atom. The van der Waals surface area contributed by atoms with Gasteiger partial charge in [-0.3, -0.25) is 4.79 Å². The van der Waals surface area contributed by atoms with Crippen molar-refractivity contribution in [3.63, 3.8) is 0 Å². The smallest absolute Gasteiger partial charge is 0.387 e. The number of benzene rings is 2. The first-order valence-electron chi connectivity index (χ1n) is 8.53. The van der Waals surface area contributed by atoms with Gasteiger partial charge in [-0.25, -0.2) is 4.79 Å². The van der Waals surface area contributed by atoms with Gasteiger partial charge < -0.3 is 19.1 Å². The lowest BCUT2D eigenvalue weighted by molar-refractivity contribution is -0.146. The maximum Gasteiger partial charge on any atom is 0.387 e. The predicted octanol–water partition coefficient (Wildman–Crippen LogP) is 3.04. The average molecular weight is 391 g/mol. The molecule has 1 unspecified atom stereocenters. The molecule has 1 aliphatic rings. The molecule has 2 aromatic carbocycles. The molecule has 1 aliphatic heterocycles. The van der Waals surface area contributed by atoms with Crippen molar-refractivity contribution in [2.75, 3.05) is 14.2 Å². The highest BCUT2D eigenvalue weighted by Gasteiger charge is 2.36. The molecule has 0 saturated heterocycles. The van der Waals surface area contributed by atoms with E-state index in [1.54, 1.807) is 0 Å². The highest BCUT2D eigenvalue weighted by molar-refractivity contribution is 5.97. The molecule has 0 spiro atoms. The normalized spacial score (nSPS) is 15.8. The molecule has 8 heteroatoms. The monoisotopic (exact) mass is 391 g/mol. The summed E-state index contributed by atoms with van der Waals surface area (Å²) < 4.78 is 39.3. The van der Waals surface area contributed by atoms with Crippen LogP contribution < -0.4 is 9.47 Å². The molecular formula is C20H19F2NO5. The third-order valence-corrected chi connectivity index (χ3v) is 4.61. The summed E-state index contributed by atoms with van der Waals surface area (Å²) in [5.41, 5.74) is 2.09. The molecule has 0 radical (unpaired) electrons. The Morgan fingerprint density at radius 1 is 1.07 bits per heavy atom. The van der Waals surface area contributed by atoms with E-state index >= 15 is 0 Å². The number of esters is 1. The van der Waals surface area contributed by atoms with E-state index in [4.69, 9.17) is 9.47 Å². The number of nitrogens with zero attached hydrogens (tertiary/aromatic N) is 1. The van der Waals surface area contributed by atoms with Gasteiger partial charge in [0, 0.05) is 18.5 Å². The summed E-state index contributed by atoms with van der Waals surface area (Å²) in [6, 6.07) is 10.7. The first-order valence-corrected chi connectivity index (χ1v) is 8.53. The largest absolute Gasteiger partial charge is 0.493 e. The minimum Gasteiger partial charge on any atom is -0.493 e. The van der Waals surface area contributed by atoms with Crippen molar-refractivity contribution in [3.8, 4) is 11.5 Å². The summed E-state index contributed by atoms with van der Waals surface area (Å²) in [4.78, 5) is 26.8. The highest BCUT2D eigenvalue weighted by atomic mass is 19.3. The van der Waals surface area contributed by atoms with Crippen LogP contribution >= 0.6 is 0 Å². The second-order valence-corrected chi connectivity index (χ2v) is 6.19. The second-order valence-electron chi connectivity index (χ2n) is 6.19. The fourth-order valence-corrected chi connectivity index (χ4v) is 3.24. The van der Waals surface area contributed by atoms with Gasteiger partial charge in [-0.15, -0.1) is 0 Å². The number of hydrogen-bond donors (Lipinski definition) is 0. The van der Waals surface area contributed by atoms with Gasteiger partial charge in [0.25, 0.3) is 5.91 Å². The number of amides is 1. The highest BCUT2D eigenvalue weighted by Crippen LogP contribution is 2.31. The van der Waals surface area contributed by atoms with E-state index in [9.17, 15) is 18.4 Å². The van der Waals surface area contributed by atoms with E-state index in [0.29, 0.717) is 6.42 Å². The lowest BCUT2D eigenvalue weighted by Gasteiger charge is -2.35. The number of rotatable bonds is 5. The number of carbonyl (C=O) groups excluding carboxylic acids is 2. The molecule has 0 aliphatic carbocycles. The molecule has 0 bridgehead atoms. The van der Waals surface area contributed by atoms with Crippen molar-refractivity contribution in [3.05, 3.63) is 59.2 Å². The maximum absolute atomic E-state index is 13.1. The van der Waals surface area contributed by atoms with Crippen LogP contribution in [0.15, 0.2) is 42.5 Å². The van der Waals surface area contributed by atoms with Gasteiger partial charge in [-0.2, -0.15) is 8.78 Å². The number of alkyl halides is 2. The number of hydrogen-bond acceptors (Lipinski definition) is 5. The van der Waals surface area contributed by atoms with Crippen LogP contribution in [0, 0.1) is 0 Å². The van der Waals surface area contributed by atoms with E-state index in [1.165, 1.54) is 37.3 Å². The van der Waals surface area contributed by atoms with E-state index < -0.39 is 24.5 Å². The molecule has 1 amide bonds. The van der Waals surface area contributed by atoms with Gasteiger partial charge in [0.05, 0.1) is 14.2 Å². The number of carbonyl (C=O) groups is 2. The second kappa shape index (κ2) is 8.24. The molecule has 1 heterocycles. The standard InChI is InChI=1S/C20H19F2NO5/c1-26-17-10-13(7-8-16(17)28-20(21)22)18(24)23-11-14-6-4-3-5-12(14)9-15(23)19(25)27-2/h3-8,10,15,20H,9,11H2,1-2H3. The van der Waals surface area contributed by atoms with Gasteiger partial charge in [0.2, 0.25) is 0 Å². The van der Waals surface area contributed by atoms with Crippen LogP contribution in [0.2, 0.25) is 0 Å². The van der Waals surface area contributed by atoms with Gasteiger partial charge in [0.15, 0.2) is 11.5 Å². The molecule has 3 rings (SSSR count). The topological polar surface area (TPSA) is 65.1 Å². The van der Waals surface area contributed by atoms with Gasteiger partial charge in [0.1, 0.15) is 6.04 Å². The van der Waals surface area contributed by atoms with Gasteiger partial charge >= 0.3 is 12.6 Å². The summed E-state index contributed by atoms with van der Waals surface area (Å²) in [5, 5.41) is 0. The Morgan fingerprint density at radius 3 is 2.43 bits per heavy atom. The fraction of sp³-hybridized carbons (Fsp3) is 0.300. The van der Waals surface area contributed by atoms with E-state index in [-0.39, 0.29) is 23.6 Å². The van der Waals surface area contributed by atoms with Crippen LogP contribution in [0.3, 0.4) is 0 Å². The van der Waals surface area contributed by atoms with E-state index in [0.717, 1.165) is 11.1 Å². The molecule has 1 atom stereocenters. The maximum atomic E-state index is 13.1. The van der Waals surface area contributed by atoms with Crippen molar-refractivity contribution in [1.82, 2.24) is 4.90 Å². The molecule has 148 valence electrons. The van der Waals surface area contributed by atoms with Gasteiger partial charge in [-0.1, -0.05) is 24.3 Å². The molecule has 0 saturated carbocycles. The van der Waals surface area contributed by atoms with Gasteiger partial charge in [-0.05, 0) is 29.3 Å². The van der Waals surface area contributed by atoms with Crippen molar-refractivity contribution < 1.29 is 32.6 Å². The Hall–Kier alpha value is -3.16. The quantitative estimate of drug-likeness (QED) is 0.733. The molecule has 6 nitrogen and oxygen atoms in total. The summed E-state index contributed by atoms with van der Waals surface area (Å²) in [5.74, 6) is -1.14. The Bertz CT molecular complexity index is 887. The van der Waals surface area contributed by atoms with Crippen molar-refractivity contribution in [1.29, 1.82) is 0 Å². The summed E-state index contributed by atoms with van der Waals surface area (Å²) in [6.45, 7) is -2.79. The number of ether oxygens (including phenoxy) is 3. The molecule has 2 aromatic rings. The van der Waals surface area contributed by atoms with Crippen LogP contribution in [0.5, 0.6) is 11.5 Å². The van der Waals surface area contributed by atoms with Crippen LogP contribution in [0.25, 0.3) is 0 Å². The minimum atomic E-state index is -3.02. The molecule has 28 heavy (non-hydrogen) atoms. The fourth-order valence-electron chi connectivity index (χ4n) is 3.24. The van der Waals surface area contributed by atoms with Crippen LogP contribution in [0.1, 0.15) is 21.5 Å². The van der Waals surface area contributed by atoms with E-state index in [1.807, 2.05) is 24.3 Å². The molecule has 0 fully saturated rings. The molecule has 0 aromatic heterocycles. The first-order chi connectivity index (χ1) is 13.4. The van der Waals surface area contributed by atoms with Crippen molar-refractivity contribution in [2.45, 2.75) is 25.6 Å². The molecular weight excluding hydrogens is 372 g/mol. The Labute approximate surface area is 160 Å². The van der Waals surface area contributed by atoms with Crippen LogP contribution in [-0.2, 0) is 22.5 Å². The zero-order valence-electron chi connectivity index (χ0n) is 15.4. The number of halogens is 2. The average Bonchev–Trinajstić information content (AvgIpc) is 2.71. The van der Waals surface area contributed by atoms with Crippen molar-refractivity contribution >= 4 is 11.9 Å². The third kappa shape index (κ3) is 3.90. The van der Waals surface area contributed by atoms with E-state index in [2.05, 4.69) is 4.74 Å². The zero-order chi connectivity index (χ0) is 20.3. The third-order valence-electron chi connectivity index (χ3n) is 4.61. The summed E-state index contributed by atoms with van der Waals surface area (Å²) in [7, 11) is 2.56. The minimum absolute atomic E-state index is 0.00169. The lowest BCUT2D eigenvalue weighted by Crippen LogP contribution is -2.49. The number of methoxy groups -OCH3 is 2. The van der Waals surface area contributed by atoms with Crippen LogP contribution in [0.4, 0.5) is 8.78 Å². The summed E-state index contributed by atoms with van der Waals surface area (Å²) >= 11 is 0. The van der Waals surface area contributed by atoms with Crippen molar-refractivity contribution in [2.24, 2.45) is 0 Å². The SMILES string of the molecule is COC(=O)C1Cc2ccccc2CN1C(=O)c1ccc(OC(F)F)c(OC)c1. The predicted molar refractivity (Wildman–Crippen MR) is 95.4 cm³/mol. The van der Waals surface area contributed by atoms with Crippen LogP contribution in [-0.4, -0.2) is 43.6 Å². The number of fused-ring (bicyclic) bond motifs is 1. The molecule has 0 N–H and O–H groups in total. The lowest BCUT2D eigenvalue weighted by atomic mass is 9.93. The summed E-state index contributed by atoms with van der Waals surface area (Å²) in [6.07, 6.45) is 0.332. The Balaban J connectivity index is 1.94. The zero-order valence-corrected chi connectivity index (χ0v) is 15.4. The Kier molecular flexibility index (Phi) is 5.77.